The number of hydrogen-bond acceptors (Lipinski definition) is 42. The summed E-state index contributed by atoms with van der Waals surface area (Å²) >= 11 is 0. The molecule has 8 heterocycles. The van der Waals surface area contributed by atoms with Gasteiger partial charge >= 0.3 is 11.9 Å². The molecule has 42 nitrogen and oxygen atoms in total. The molecule has 0 radical (unpaired) electrons. The van der Waals surface area contributed by atoms with Gasteiger partial charge in [0.1, 0.15) is 170 Å². The predicted molar refractivity (Wildman–Crippen MR) is 428 cm³/mol. The molecule has 8 aliphatic heterocycles. The highest BCUT2D eigenvalue weighted by Gasteiger charge is 2.74. The number of esters is 2. The molecule has 0 aromatic heterocycles. The quantitative estimate of drug-likeness (QED) is 0.0166. The third kappa shape index (κ3) is 18.6. The van der Waals surface area contributed by atoms with Gasteiger partial charge in [0.05, 0.1) is 69.2 Å². The molecule has 8 saturated heterocycles. The zero-order valence-corrected chi connectivity index (χ0v) is 74.0. The van der Waals surface area contributed by atoms with Crippen LogP contribution in [-0.4, -0.2) is 420 Å². The van der Waals surface area contributed by atoms with Crippen molar-refractivity contribution in [2.24, 2.45) is 50.2 Å². The number of hydrogen-bond donors (Lipinski definition) is 23. The Morgan fingerprint density at radius 2 is 0.969 bits per heavy atom. The highest BCUT2D eigenvalue weighted by Crippen LogP contribution is 2.76. The van der Waals surface area contributed by atoms with Crippen molar-refractivity contribution in [2.45, 2.75) is 405 Å². The molecule has 23 N–H and O–H groups in total. The molecular formula is C86H138O42. The van der Waals surface area contributed by atoms with Gasteiger partial charge in [0.2, 0.25) is 6.29 Å². The lowest BCUT2D eigenvalue weighted by Crippen LogP contribution is -2.70. The van der Waals surface area contributed by atoms with E-state index in [1.165, 1.54) is 33.8 Å². The van der Waals surface area contributed by atoms with Crippen LogP contribution in [0.3, 0.4) is 0 Å². The van der Waals surface area contributed by atoms with Gasteiger partial charge in [-0.15, -0.1) is 6.58 Å². The van der Waals surface area contributed by atoms with Crippen molar-refractivity contribution < 1.29 is 208 Å². The highest BCUT2D eigenvalue weighted by molar-refractivity contribution is 5.88. The maximum atomic E-state index is 16.7. The van der Waals surface area contributed by atoms with Crippen LogP contribution in [-0.2, 0) is 90.1 Å². The lowest BCUT2D eigenvalue weighted by molar-refractivity contribution is -0.390. The molecule has 0 amide bonds. The molecule has 42 heteroatoms. The summed E-state index contributed by atoms with van der Waals surface area (Å²) in [5, 5.41) is 256. The number of allylic oxidation sites excluding steroid dienone is 3. The van der Waals surface area contributed by atoms with Crippen LogP contribution in [0.1, 0.15) is 147 Å². The Labute approximate surface area is 740 Å². The molecule has 128 heavy (non-hydrogen) atoms. The summed E-state index contributed by atoms with van der Waals surface area (Å²) in [6.07, 6.45) is -62.0. The van der Waals surface area contributed by atoms with Crippen molar-refractivity contribution in [2.75, 3.05) is 33.0 Å². The van der Waals surface area contributed by atoms with Gasteiger partial charge in [-0.3, -0.25) is 4.79 Å². The van der Waals surface area contributed by atoms with Crippen LogP contribution in [0, 0.1) is 50.2 Å². The Hall–Kier alpha value is -3.36. The zero-order chi connectivity index (χ0) is 94.0. The molecule has 5 aliphatic carbocycles. The first-order chi connectivity index (χ1) is 59.9. The predicted octanol–water partition coefficient (Wildman–Crippen LogP) is -6.22. The Morgan fingerprint density at radius 3 is 1.59 bits per heavy atom. The van der Waals surface area contributed by atoms with E-state index in [2.05, 4.69) is 47.3 Å². The van der Waals surface area contributed by atoms with Gasteiger partial charge in [0, 0.05) is 17.4 Å². The largest absolute Gasteiger partial charge is 0.458 e. The van der Waals surface area contributed by atoms with Crippen molar-refractivity contribution in [3.8, 4) is 0 Å². The van der Waals surface area contributed by atoms with Crippen LogP contribution < -0.4 is 0 Å². The smallest absolute Gasteiger partial charge is 0.333 e. The minimum absolute atomic E-state index is 0.0265. The number of fused-ring (bicyclic) bond motifs is 7. The zero-order valence-electron chi connectivity index (χ0n) is 74.0. The third-order valence-electron chi connectivity index (χ3n) is 31.4. The lowest BCUT2D eigenvalue weighted by Gasteiger charge is -2.72. The molecule has 4 saturated carbocycles. The summed E-state index contributed by atoms with van der Waals surface area (Å²) in [4.78, 5) is 31.5. The van der Waals surface area contributed by atoms with Crippen LogP contribution in [0.2, 0.25) is 0 Å². The second-order valence-electron chi connectivity index (χ2n) is 40.0. The molecule has 0 bridgehead atoms. The molecule has 12 fully saturated rings. The van der Waals surface area contributed by atoms with Crippen LogP contribution in [0.4, 0.5) is 0 Å². The fraction of sp³-hybridized carbons (Fsp3) is 0.907. The molecular weight excluding hydrogens is 1700 g/mol. The Kier molecular flexibility index (Phi) is 31.3. The van der Waals surface area contributed by atoms with E-state index in [9.17, 15) is 122 Å². The van der Waals surface area contributed by atoms with Crippen molar-refractivity contribution in [1.29, 1.82) is 0 Å². The average molecular weight is 1840 g/mol. The van der Waals surface area contributed by atoms with Gasteiger partial charge in [-0.2, -0.15) is 0 Å². The van der Waals surface area contributed by atoms with Gasteiger partial charge in [-0.25, -0.2) is 4.79 Å². The maximum Gasteiger partial charge on any atom is 0.333 e. The van der Waals surface area contributed by atoms with Gasteiger partial charge in [-0.05, 0) is 132 Å². The van der Waals surface area contributed by atoms with E-state index in [-0.39, 0.29) is 43.1 Å². The van der Waals surface area contributed by atoms with Gasteiger partial charge in [0.25, 0.3) is 0 Å². The van der Waals surface area contributed by atoms with E-state index in [0.29, 0.717) is 32.1 Å². The summed E-state index contributed by atoms with van der Waals surface area (Å²) in [5.41, 5.74) is -6.48. The minimum Gasteiger partial charge on any atom is -0.458 e. The second kappa shape index (κ2) is 39.3. The Balaban J connectivity index is 0.783. The summed E-state index contributed by atoms with van der Waals surface area (Å²) in [7, 11) is 0. The van der Waals surface area contributed by atoms with Gasteiger partial charge in [-0.1, -0.05) is 72.3 Å². The van der Waals surface area contributed by atoms with E-state index >= 15 is 4.79 Å². The van der Waals surface area contributed by atoms with E-state index in [4.69, 9.17) is 80.5 Å². The monoisotopic (exact) mass is 1840 g/mol. The van der Waals surface area contributed by atoms with E-state index < -0.39 is 347 Å². The number of ether oxygens (including phenoxy) is 17. The second-order valence-corrected chi connectivity index (χ2v) is 40.0. The van der Waals surface area contributed by atoms with E-state index in [1.807, 2.05) is 13.8 Å². The van der Waals surface area contributed by atoms with Crippen LogP contribution in [0.25, 0.3) is 0 Å². The van der Waals surface area contributed by atoms with Gasteiger partial charge in [0.15, 0.2) is 50.1 Å². The molecule has 0 aromatic carbocycles. The number of carbonyl (C=O) groups excluding carboxylic acids is 2. The molecule has 0 aromatic rings. The van der Waals surface area contributed by atoms with Crippen LogP contribution >= 0.6 is 0 Å². The van der Waals surface area contributed by atoms with E-state index in [0.717, 1.165) is 5.57 Å². The van der Waals surface area contributed by atoms with Crippen LogP contribution in [0.5, 0.6) is 0 Å². The number of rotatable bonds is 26. The first-order valence-electron chi connectivity index (χ1n) is 44.6. The summed E-state index contributed by atoms with van der Waals surface area (Å²) in [6.45, 7) is 21.9. The van der Waals surface area contributed by atoms with Gasteiger partial charge < -0.3 is 198 Å². The number of carbonyl (C=O) groups is 2. The molecule has 0 unspecified atom stereocenters. The highest BCUT2D eigenvalue weighted by atomic mass is 16.8. The fourth-order valence-electron chi connectivity index (χ4n) is 23.0. The van der Waals surface area contributed by atoms with Crippen molar-refractivity contribution in [3.05, 3.63) is 36.0 Å². The Bertz CT molecular complexity index is 3820. The molecule has 0 spiro atoms. The standard InChI is InChI=1S/C86H138O42/c1-14-82(10,128-76-64(108)55(99)48(92)33(3)114-76)21-15-16-32(2)70(110)121-47-26-86(79(111)127-78-69(59(103)52(96)40(28-88)119-78)126-75-65(109)67(124-74-63(107)56(100)51(95)39(27-87)117-74)66(35(5)116-75)123-73-61(105)53(97)41(29-89)118-73)37(24-80(47,6)7)36-17-18-44-83(11)22-20-46(81(8,9)43(83)19-23-84(44,12)85(36,13)25-45(86)91)122-72-62(106)57(101)54(98)42(120-72)31-113-77-68(58(102)49(93)34(4)115-77)125-71-60(104)50(94)38(90)30-112-71/h14,16-17,33-35,37-69,71-78,87-109H,1,15,18-31H2,2-13H3/b32-16+/t33-,34+,35+,37+,38-,39-,40-,41+,42-,43+,44-,45-,46+,47+,48-,49-,50+,51-,52-,53+,54-,55+,56+,57+,58-,59+,60-,61-,62-,63-,64-,65-,66+,67+,68+,69-,71+,72+,73+,74+,75+,76+,77+,78+,82-,83+,84-,85-,86-/m1/s1. The molecule has 13 rings (SSSR count). The van der Waals surface area contributed by atoms with Crippen molar-refractivity contribution >= 4 is 11.9 Å². The maximum absolute atomic E-state index is 16.7. The summed E-state index contributed by atoms with van der Waals surface area (Å²) < 4.78 is 104. The molecule has 734 valence electrons. The van der Waals surface area contributed by atoms with Crippen LogP contribution in [0.15, 0.2) is 36.0 Å². The topological polar surface area (TPSA) is 656 Å². The summed E-state index contributed by atoms with van der Waals surface area (Å²) in [6, 6.07) is 0. The van der Waals surface area contributed by atoms with Crippen molar-refractivity contribution in [1.82, 2.24) is 0 Å². The summed E-state index contributed by atoms with van der Waals surface area (Å²) in [5.74, 6) is -3.30. The first kappa shape index (κ1) is 102. The van der Waals surface area contributed by atoms with Crippen molar-refractivity contribution in [3.63, 3.8) is 0 Å². The van der Waals surface area contributed by atoms with E-state index in [1.54, 1.807) is 13.0 Å². The normalized spacial score (nSPS) is 51.9. The SMILES string of the molecule is C=C[C@](C)(CC/C=C(\C)C(=O)O[C@H]1C[C@]2(C(=O)O[C@@H]3O[C@H](CO)[C@@H](O)[C@H](O)[C@H]3O[C@@H]3O[C@@H](C)[C@H](O[C@@H]4O[C@@H](CO)[C@H](O)[C@H]4O)[C@@H](O[C@@H]4O[C@H](CO)[C@@H](O)[C@H](O)[C@H]4O)[C@H]3O)[C@H](O)C[C@]3(C)C(=CC[C@@H]4[C@@]5(C)CC[C@H](O[C@@H]6O[C@H](CO[C@H]7O[C@@H](C)[C@@H](O)[C@@H](O)[C@@H]7O[C@@H]7OC[C@@H](O)[C@H](O)[C@H]7O)[C@@H](O)[C@H](O)[C@H]6O)C(C)(C)[C@@H]5CC[C@]43C)[C@@H]2CC1(C)C)O[C@@H]1O[C@H](C)[C@@H](O)[C@H](O)[C@H]1O. The number of aliphatic hydroxyl groups is 23. The first-order valence-corrected chi connectivity index (χ1v) is 44.6. The minimum atomic E-state index is -2.25. The molecule has 49 atom stereocenters. The lowest BCUT2D eigenvalue weighted by atomic mass is 9.33. The Morgan fingerprint density at radius 1 is 0.484 bits per heavy atom. The fourth-order valence-corrected chi connectivity index (χ4v) is 23.0. The molecule has 13 aliphatic rings. The number of aliphatic hydroxyl groups excluding tert-OH is 23. The third-order valence-corrected chi connectivity index (χ3v) is 31.4. The average Bonchev–Trinajstić information content (AvgIpc) is 0.883.